The first-order valence-corrected chi connectivity index (χ1v) is 12.5. The monoisotopic (exact) mass is 502 g/mol. The second-order valence-corrected chi connectivity index (χ2v) is 10.0. The molecular formula is C24H27ClN4O4S. The Labute approximate surface area is 204 Å². The number of rotatable bonds is 9. The van der Waals surface area contributed by atoms with E-state index in [-0.39, 0.29) is 23.2 Å². The lowest BCUT2D eigenvalue weighted by atomic mass is 10.1. The van der Waals surface area contributed by atoms with Crippen LogP contribution in [0.25, 0.3) is 0 Å². The van der Waals surface area contributed by atoms with Gasteiger partial charge in [0.15, 0.2) is 0 Å². The number of hydrogen-bond acceptors (Lipinski definition) is 6. The predicted octanol–water partition coefficient (Wildman–Crippen LogP) is 4.96. The molecular weight excluding hydrogens is 476 g/mol. The van der Waals surface area contributed by atoms with Crippen molar-refractivity contribution in [1.82, 2.24) is 9.97 Å². The first-order valence-electron chi connectivity index (χ1n) is 10.7. The fourth-order valence-electron chi connectivity index (χ4n) is 3.30. The molecule has 180 valence electrons. The van der Waals surface area contributed by atoms with E-state index in [1.54, 1.807) is 19.9 Å². The van der Waals surface area contributed by atoms with Gasteiger partial charge in [0.1, 0.15) is 5.75 Å². The second-order valence-electron chi connectivity index (χ2n) is 7.98. The van der Waals surface area contributed by atoms with Gasteiger partial charge in [-0.05, 0) is 87.7 Å². The van der Waals surface area contributed by atoms with E-state index < -0.39 is 10.0 Å². The molecule has 0 bridgehead atoms. The van der Waals surface area contributed by atoms with Crippen molar-refractivity contribution in [3.8, 4) is 5.75 Å². The lowest BCUT2D eigenvalue weighted by Gasteiger charge is -2.11. The van der Waals surface area contributed by atoms with E-state index in [9.17, 15) is 13.2 Å². The molecule has 0 saturated carbocycles. The Morgan fingerprint density at radius 3 is 2.15 bits per heavy atom. The number of carbonyl (C=O) groups excluding carboxylic acids is 1. The van der Waals surface area contributed by atoms with Crippen molar-refractivity contribution >= 4 is 39.2 Å². The number of benzene rings is 2. The van der Waals surface area contributed by atoms with Crippen LogP contribution in [0.3, 0.4) is 0 Å². The van der Waals surface area contributed by atoms with E-state index in [0.29, 0.717) is 30.1 Å². The lowest BCUT2D eigenvalue weighted by Crippen LogP contribution is -2.16. The molecule has 0 radical (unpaired) electrons. The number of nitrogens with one attached hydrogen (secondary N) is 2. The fraction of sp³-hybridized carbons (Fsp3) is 0.292. The summed E-state index contributed by atoms with van der Waals surface area (Å²) in [6.45, 7) is 7.74. The molecule has 0 saturated heterocycles. The number of amides is 1. The number of aromatic nitrogens is 2. The number of hydrogen-bond donors (Lipinski definition) is 2. The first-order chi connectivity index (χ1) is 16.0. The molecule has 10 heteroatoms. The number of sulfonamides is 1. The number of anilines is 2. The highest BCUT2D eigenvalue weighted by Crippen LogP contribution is 2.26. The molecule has 1 heterocycles. The average molecular weight is 503 g/mol. The molecule has 34 heavy (non-hydrogen) atoms. The topological polar surface area (TPSA) is 110 Å². The lowest BCUT2D eigenvalue weighted by molar-refractivity contribution is -0.116. The molecule has 0 spiro atoms. The summed E-state index contributed by atoms with van der Waals surface area (Å²) >= 11 is 6.16. The minimum Gasteiger partial charge on any atom is -0.494 e. The van der Waals surface area contributed by atoms with Gasteiger partial charge < -0.3 is 10.1 Å². The number of nitrogens with zero attached hydrogens (tertiary/aromatic N) is 2. The minimum absolute atomic E-state index is 0.0148. The molecule has 8 nitrogen and oxygen atoms in total. The molecule has 0 aliphatic carbocycles. The summed E-state index contributed by atoms with van der Waals surface area (Å²) in [6, 6.07) is 11.4. The molecule has 0 atom stereocenters. The average Bonchev–Trinajstić information content (AvgIpc) is 2.74. The molecule has 1 amide bonds. The van der Waals surface area contributed by atoms with Crippen LogP contribution in [0.15, 0.2) is 47.4 Å². The maximum Gasteiger partial charge on any atom is 0.264 e. The minimum atomic E-state index is -3.86. The number of halogens is 1. The second kappa shape index (κ2) is 10.8. The third kappa shape index (κ3) is 6.91. The third-order valence-corrected chi connectivity index (χ3v) is 6.82. The van der Waals surface area contributed by atoms with Crippen LogP contribution in [0, 0.1) is 27.7 Å². The Hall–Kier alpha value is -3.17. The van der Waals surface area contributed by atoms with E-state index in [0.717, 1.165) is 21.9 Å². The number of carbonyl (C=O) groups is 1. The zero-order valence-corrected chi connectivity index (χ0v) is 21.0. The third-order valence-electron chi connectivity index (χ3n) is 4.88. The van der Waals surface area contributed by atoms with Crippen molar-refractivity contribution in [2.24, 2.45) is 0 Å². The molecule has 0 unspecified atom stereocenters. The molecule has 2 N–H and O–H groups in total. The maximum atomic E-state index is 12.6. The van der Waals surface area contributed by atoms with Gasteiger partial charge in [0.2, 0.25) is 11.9 Å². The standard InChI is InChI=1S/C24H27ClN4O4S/c1-15-12-20(13-16(2)23(15)25)33-11-5-6-22(30)28-19-7-9-21(10-8-19)34(31,32)29-24-26-17(3)14-18(4)27-24/h7-10,12-14H,5-6,11H2,1-4H3,(H,28,30)(H,26,27,29). The van der Waals surface area contributed by atoms with Crippen molar-refractivity contribution in [3.05, 3.63) is 70.0 Å². The summed E-state index contributed by atoms with van der Waals surface area (Å²) in [5.41, 5.74) is 3.70. The van der Waals surface area contributed by atoms with Gasteiger partial charge in [-0.3, -0.25) is 4.79 Å². The summed E-state index contributed by atoms with van der Waals surface area (Å²) in [4.78, 5) is 20.5. The highest BCUT2D eigenvalue weighted by molar-refractivity contribution is 7.92. The number of ether oxygens (including phenoxy) is 1. The van der Waals surface area contributed by atoms with Gasteiger partial charge in [0.25, 0.3) is 10.0 Å². The zero-order chi connectivity index (χ0) is 24.9. The molecule has 0 aliphatic rings. The van der Waals surface area contributed by atoms with Crippen LogP contribution in [0.4, 0.5) is 11.6 Å². The van der Waals surface area contributed by atoms with Crippen molar-refractivity contribution in [2.75, 3.05) is 16.6 Å². The molecule has 0 fully saturated rings. The highest BCUT2D eigenvalue weighted by atomic mass is 35.5. The van der Waals surface area contributed by atoms with E-state index in [2.05, 4.69) is 20.0 Å². The Balaban J connectivity index is 1.50. The number of aryl methyl sites for hydroxylation is 4. The SMILES string of the molecule is Cc1cc(C)nc(NS(=O)(=O)c2ccc(NC(=O)CCCOc3cc(C)c(Cl)c(C)c3)cc2)n1. The van der Waals surface area contributed by atoms with Gasteiger partial charge in [-0.2, -0.15) is 0 Å². The van der Waals surface area contributed by atoms with Gasteiger partial charge >= 0.3 is 0 Å². The smallest absolute Gasteiger partial charge is 0.264 e. The van der Waals surface area contributed by atoms with Gasteiger partial charge in [-0.15, -0.1) is 0 Å². The predicted molar refractivity (Wildman–Crippen MR) is 133 cm³/mol. The largest absolute Gasteiger partial charge is 0.494 e. The molecule has 0 aliphatic heterocycles. The van der Waals surface area contributed by atoms with Gasteiger partial charge in [0.05, 0.1) is 11.5 Å². The van der Waals surface area contributed by atoms with E-state index in [4.69, 9.17) is 16.3 Å². The van der Waals surface area contributed by atoms with Gasteiger partial charge in [-0.1, -0.05) is 11.6 Å². The van der Waals surface area contributed by atoms with Crippen LogP contribution in [-0.2, 0) is 14.8 Å². The fourth-order valence-corrected chi connectivity index (χ4v) is 4.36. The van der Waals surface area contributed by atoms with Crippen LogP contribution in [0.5, 0.6) is 5.75 Å². The Morgan fingerprint density at radius 2 is 1.56 bits per heavy atom. The van der Waals surface area contributed by atoms with E-state index >= 15 is 0 Å². The molecule has 3 aromatic rings. The first kappa shape index (κ1) is 25.5. The Morgan fingerprint density at radius 1 is 0.971 bits per heavy atom. The van der Waals surface area contributed by atoms with E-state index in [1.807, 2.05) is 26.0 Å². The van der Waals surface area contributed by atoms with Crippen molar-refractivity contribution in [2.45, 2.75) is 45.4 Å². The molecule has 2 aromatic carbocycles. The van der Waals surface area contributed by atoms with Crippen LogP contribution in [-0.4, -0.2) is 30.9 Å². The summed E-state index contributed by atoms with van der Waals surface area (Å²) in [7, 11) is -3.86. The van der Waals surface area contributed by atoms with Crippen LogP contribution >= 0.6 is 11.6 Å². The van der Waals surface area contributed by atoms with Crippen LogP contribution in [0.1, 0.15) is 35.4 Å². The quantitative estimate of drug-likeness (QED) is 0.400. The summed E-state index contributed by atoms with van der Waals surface area (Å²) in [6.07, 6.45) is 0.788. The normalized spacial score (nSPS) is 11.2. The van der Waals surface area contributed by atoms with Crippen LogP contribution < -0.4 is 14.8 Å². The van der Waals surface area contributed by atoms with Crippen molar-refractivity contribution in [3.63, 3.8) is 0 Å². The van der Waals surface area contributed by atoms with Gasteiger partial charge in [-0.25, -0.2) is 23.1 Å². The Bertz CT molecular complexity index is 1250. The molecule has 1 aromatic heterocycles. The summed E-state index contributed by atoms with van der Waals surface area (Å²) in [5.74, 6) is 0.543. The maximum absolute atomic E-state index is 12.6. The summed E-state index contributed by atoms with van der Waals surface area (Å²) < 4.78 is 33.3. The van der Waals surface area contributed by atoms with Crippen molar-refractivity contribution < 1.29 is 17.9 Å². The zero-order valence-electron chi connectivity index (χ0n) is 19.5. The van der Waals surface area contributed by atoms with Crippen LogP contribution in [0.2, 0.25) is 5.02 Å². The summed E-state index contributed by atoms with van der Waals surface area (Å²) in [5, 5.41) is 3.48. The van der Waals surface area contributed by atoms with Gasteiger partial charge in [0, 0.05) is 28.5 Å². The molecule has 3 rings (SSSR count). The Kier molecular flexibility index (Phi) is 8.11. The van der Waals surface area contributed by atoms with E-state index in [1.165, 1.54) is 24.3 Å². The van der Waals surface area contributed by atoms with Crippen molar-refractivity contribution in [1.29, 1.82) is 0 Å². The highest BCUT2D eigenvalue weighted by Gasteiger charge is 2.16.